The number of anilines is 1. The second kappa shape index (κ2) is 11.0. The van der Waals surface area contributed by atoms with Gasteiger partial charge in [-0.2, -0.15) is 0 Å². The number of benzene rings is 4. The molecule has 4 aromatic rings. The quantitative estimate of drug-likeness (QED) is 0.131. The maximum atomic E-state index is 13.1. The number of Topliss-reactive ketones (excluding diaryl/α,β-unsaturated/α-hetero) is 1. The van der Waals surface area contributed by atoms with Crippen LogP contribution in [0.2, 0.25) is 0 Å². The summed E-state index contributed by atoms with van der Waals surface area (Å²) in [6.07, 6.45) is 0.863. The molecule has 1 heterocycles. The third-order valence-corrected chi connectivity index (χ3v) is 6.82. The van der Waals surface area contributed by atoms with Crippen molar-refractivity contribution in [2.75, 3.05) is 11.5 Å². The van der Waals surface area contributed by atoms with Crippen LogP contribution in [-0.2, 0) is 11.2 Å². The monoisotopic (exact) mass is 583 g/mol. The van der Waals surface area contributed by atoms with Crippen LogP contribution in [0.4, 0.5) is 5.69 Å². The molecular formula is C31H22BrNO6. The molecule has 2 amide bonds. The molecule has 0 spiro atoms. The number of ether oxygens (including phenoxy) is 2. The van der Waals surface area contributed by atoms with Crippen molar-refractivity contribution in [3.05, 3.63) is 123 Å². The van der Waals surface area contributed by atoms with Crippen LogP contribution >= 0.6 is 15.9 Å². The summed E-state index contributed by atoms with van der Waals surface area (Å²) in [5, 5.41) is 0. The first-order chi connectivity index (χ1) is 18.8. The summed E-state index contributed by atoms with van der Waals surface area (Å²) in [6, 6.07) is 25.0. The van der Waals surface area contributed by atoms with Gasteiger partial charge in [0.15, 0.2) is 12.4 Å². The van der Waals surface area contributed by atoms with E-state index in [1.807, 2.05) is 31.2 Å². The molecule has 0 aromatic heterocycles. The van der Waals surface area contributed by atoms with Crippen LogP contribution in [-0.4, -0.2) is 30.2 Å². The van der Waals surface area contributed by atoms with Gasteiger partial charge in [0, 0.05) is 10.0 Å². The van der Waals surface area contributed by atoms with E-state index in [1.165, 1.54) is 30.3 Å². The molecule has 0 unspecified atom stereocenters. The van der Waals surface area contributed by atoms with Gasteiger partial charge in [-0.3, -0.25) is 14.4 Å². The molecule has 1 aliphatic heterocycles. The highest BCUT2D eigenvalue weighted by Gasteiger charge is 2.37. The van der Waals surface area contributed by atoms with Crippen molar-refractivity contribution >= 4 is 45.2 Å². The summed E-state index contributed by atoms with van der Waals surface area (Å²) in [7, 11) is 0. The van der Waals surface area contributed by atoms with Gasteiger partial charge in [0.25, 0.3) is 11.8 Å². The van der Waals surface area contributed by atoms with E-state index in [9.17, 15) is 19.2 Å². The summed E-state index contributed by atoms with van der Waals surface area (Å²) >= 11 is 3.37. The third kappa shape index (κ3) is 5.51. The number of esters is 1. The number of halogens is 1. The van der Waals surface area contributed by atoms with Crippen molar-refractivity contribution in [1.82, 2.24) is 0 Å². The van der Waals surface area contributed by atoms with Gasteiger partial charge in [0.2, 0.25) is 0 Å². The molecule has 0 saturated heterocycles. The smallest absolute Gasteiger partial charge is 0.338 e. The zero-order chi connectivity index (χ0) is 27.5. The second-order valence-corrected chi connectivity index (χ2v) is 9.72. The summed E-state index contributed by atoms with van der Waals surface area (Å²) in [4.78, 5) is 52.1. The number of imide groups is 1. The fourth-order valence-electron chi connectivity index (χ4n) is 4.13. The molecule has 0 fully saturated rings. The van der Waals surface area contributed by atoms with Crippen molar-refractivity contribution < 1.29 is 28.7 Å². The highest BCUT2D eigenvalue weighted by Crippen LogP contribution is 2.32. The highest BCUT2D eigenvalue weighted by atomic mass is 79.9. The Morgan fingerprint density at radius 2 is 1.36 bits per heavy atom. The number of fused-ring (bicyclic) bond motifs is 1. The van der Waals surface area contributed by atoms with Crippen molar-refractivity contribution in [3.8, 4) is 11.5 Å². The van der Waals surface area contributed by atoms with Crippen molar-refractivity contribution in [3.63, 3.8) is 0 Å². The van der Waals surface area contributed by atoms with E-state index in [0.717, 1.165) is 21.4 Å². The van der Waals surface area contributed by atoms with Gasteiger partial charge < -0.3 is 9.47 Å². The molecule has 4 aromatic carbocycles. The minimum atomic E-state index is -0.683. The lowest BCUT2D eigenvalue weighted by atomic mass is 10.1. The van der Waals surface area contributed by atoms with E-state index >= 15 is 0 Å². The molecule has 0 aliphatic carbocycles. The molecule has 0 saturated carbocycles. The lowest BCUT2D eigenvalue weighted by Crippen LogP contribution is -2.29. The number of hydrogen-bond donors (Lipinski definition) is 0. The number of ketones is 1. The van der Waals surface area contributed by atoms with Crippen molar-refractivity contribution in [2.24, 2.45) is 0 Å². The molecule has 7 nitrogen and oxygen atoms in total. The van der Waals surface area contributed by atoms with Crippen LogP contribution in [0.5, 0.6) is 11.5 Å². The van der Waals surface area contributed by atoms with Gasteiger partial charge in [-0.05, 0) is 78.7 Å². The Morgan fingerprint density at radius 1 is 0.744 bits per heavy atom. The number of carbonyl (C=O) groups is 4. The first-order valence-electron chi connectivity index (χ1n) is 12.2. The van der Waals surface area contributed by atoms with Crippen LogP contribution in [0.15, 0.2) is 95.5 Å². The van der Waals surface area contributed by atoms with Crippen molar-refractivity contribution in [2.45, 2.75) is 13.3 Å². The van der Waals surface area contributed by atoms with Crippen LogP contribution in [0.25, 0.3) is 0 Å². The van der Waals surface area contributed by atoms with Gasteiger partial charge in [-0.25, -0.2) is 9.69 Å². The zero-order valence-electron chi connectivity index (χ0n) is 20.8. The molecule has 1 aliphatic rings. The number of nitrogens with zero attached hydrogens (tertiary/aromatic N) is 1. The summed E-state index contributed by atoms with van der Waals surface area (Å²) in [5.74, 6) is -0.945. The normalized spacial score (nSPS) is 12.3. The minimum absolute atomic E-state index is 0.190. The van der Waals surface area contributed by atoms with Crippen LogP contribution < -0.4 is 9.64 Å². The Labute approximate surface area is 233 Å². The van der Waals surface area contributed by atoms with E-state index in [1.54, 1.807) is 36.4 Å². The van der Waals surface area contributed by atoms with Gasteiger partial charge in [-0.1, -0.05) is 47.1 Å². The fraction of sp³-hybridized carbons (Fsp3) is 0.0968. The van der Waals surface area contributed by atoms with Gasteiger partial charge in [0.05, 0.1) is 22.4 Å². The summed E-state index contributed by atoms with van der Waals surface area (Å²) in [5.41, 5.74) is 2.55. The van der Waals surface area contributed by atoms with Gasteiger partial charge in [0.1, 0.15) is 11.5 Å². The number of hydrogen-bond acceptors (Lipinski definition) is 6. The van der Waals surface area contributed by atoms with E-state index < -0.39 is 24.4 Å². The fourth-order valence-corrected chi connectivity index (χ4v) is 4.39. The third-order valence-electron chi connectivity index (χ3n) is 6.29. The molecule has 8 heteroatoms. The minimum Gasteiger partial charge on any atom is -0.457 e. The first-order valence-corrected chi connectivity index (χ1v) is 13.0. The number of aryl methyl sites for hydroxylation is 1. The van der Waals surface area contributed by atoms with Crippen LogP contribution in [0.3, 0.4) is 0 Å². The predicted molar refractivity (Wildman–Crippen MR) is 149 cm³/mol. The molecule has 0 N–H and O–H groups in total. The second-order valence-electron chi connectivity index (χ2n) is 8.81. The largest absolute Gasteiger partial charge is 0.457 e. The molecule has 0 bridgehead atoms. The Morgan fingerprint density at radius 3 is 2.03 bits per heavy atom. The summed E-state index contributed by atoms with van der Waals surface area (Å²) in [6.45, 7) is 1.63. The SMILES string of the molecule is CCc1ccc(C(=O)COC(=O)c2ccc(N3C(=O)c4ccc(Oc5ccc(Br)cc5)cc4C3=O)cc2)cc1. The predicted octanol–water partition coefficient (Wildman–Crippen LogP) is 6.64. The van der Waals surface area contributed by atoms with Crippen LogP contribution in [0, 0.1) is 0 Å². The molecule has 194 valence electrons. The van der Waals surface area contributed by atoms with E-state index in [0.29, 0.717) is 22.7 Å². The lowest BCUT2D eigenvalue weighted by molar-refractivity contribution is 0.0474. The molecule has 5 rings (SSSR count). The van der Waals surface area contributed by atoms with Gasteiger partial charge in [-0.15, -0.1) is 0 Å². The van der Waals surface area contributed by atoms with Crippen LogP contribution in [0.1, 0.15) is 53.9 Å². The average Bonchev–Trinajstić information content (AvgIpc) is 3.21. The number of rotatable bonds is 8. The van der Waals surface area contributed by atoms with E-state index in [-0.39, 0.29) is 22.5 Å². The standard InChI is InChI=1S/C31H22BrNO6/c1-2-19-3-5-20(6-4-19)28(34)18-38-31(37)21-7-11-23(12-8-21)33-29(35)26-16-15-25(17-27(26)30(33)36)39-24-13-9-22(32)10-14-24/h3-17H,2,18H2,1H3. The number of carbonyl (C=O) groups excluding carboxylic acids is 4. The maximum absolute atomic E-state index is 13.1. The summed E-state index contributed by atoms with van der Waals surface area (Å²) < 4.78 is 11.9. The molecule has 0 radical (unpaired) electrons. The lowest BCUT2D eigenvalue weighted by Gasteiger charge is -2.14. The maximum Gasteiger partial charge on any atom is 0.338 e. The Balaban J connectivity index is 1.25. The number of amides is 2. The topological polar surface area (TPSA) is 90.0 Å². The van der Waals surface area contributed by atoms with E-state index in [2.05, 4.69) is 15.9 Å². The molecular weight excluding hydrogens is 562 g/mol. The van der Waals surface area contributed by atoms with E-state index in [4.69, 9.17) is 9.47 Å². The van der Waals surface area contributed by atoms with Crippen molar-refractivity contribution in [1.29, 1.82) is 0 Å². The Kier molecular flexibility index (Phi) is 7.38. The zero-order valence-corrected chi connectivity index (χ0v) is 22.4. The molecule has 39 heavy (non-hydrogen) atoms. The molecule has 0 atom stereocenters. The Hall–Kier alpha value is -4.56. The first kappa shape index (κ1) is 26.1. The average molecular weight is 584 g/mol. The Bertz CT molecular complexity index is 1580. The highest BCUT2D eigenvalue weighted by molar-refractivity contribution is 9.10. The van der Waals surface area contributed by atoms with Gasteiger partial charge >= 0.3 is 5.97 Å².